The molecule has 0 radical (unpaired) electrons. The van der Waals surface area contributed by atoms with Crippen molar-refractivity contribution in [1.29, 1.82) is 0 Å². The lowest BCUT2D eigenvalue weighted by Gasteiger charge is -2.25. The van der Waals surface area contributed by atoms with Gasteiger partial charge in [-0.2, -0.15) is 0 Å². The number of fused-ring (bicyclic) bond motifs is 2. The van der Waals surface area contributed by atoms with Gasteiger partial charge < -0.3 is 10.0 Å². The van der Waals surface area contributed by atoms with Crippen LogP contribution in [0.2, 0.25) is 0 Å². The minimum Gasteiger partial charge on any atom is -0.393 e. The van der Waals surface area contributed by atoms with Crippen LogP contribution in [-0.2, 0) is 0 Å². The maximum atomic E-state index is 9.58. The molecule has 64 valence electrons. The summed E-state index contributed by atoms with van der Waals surface area (Å²) in [5.41, 5.74) is 0. The first-order chi connectivity index (χ1) is 5.31. The number of aliphatic hydroxyl groups is 1. The van der Waals surface area contributed by atoms with Crippen molar-refractivity contribution in [2.45, 2.75) is 38.3 Å². The fourth-order valence-corrected chi connectivity index (χ4v) is 2.59. The van der Waals surface area contributed by atoms with Crippen molar-refractivity contribution in [2.75, 3.05) is 13.1 Å². The molecule has 0 aromatic carbocycles. The summed E-state index contributed by atoms with van der Waals surface area (Å²) < 4.78 is 0. The molecule has 2 nitrogen and oxygen atoms in total. The summed E-state index contributed by atoms with van der Waals surface area (Å²) in [4.78, 5) is 2.51. The van der Waals surface area contributed by atoms with Crippen LogP contribution in [0.15, 0.2) is 0 Å². The van der Waals surface area contributed by atoms with Crippen molar-refractivity contribution in [2.24, 2.45) is 5.92 Å². The summed E-state index contributed by atoms with van der Waals surface area (Å²) in [6.45, 7) is 4.52. The smallest absolute Gasteiger partial charge is 0.0581 e. The molecular weight excluding hydrogens is 138 g/mol. The zero-order valence-electron chi connectivity index (χ0n) is 7.16. The molecule has 0 aromatic rings. The predicted molar refractivity (Wildman–Crippen MR) is 44.4 cm³/mol. The van der Waals surface area contributed by atoms with Crippen LogP contribution in [-0.4, -0.2) is 35.2 Å². The van der Waals surface area contributed by atoms with E-state index in [4.69, 9.17) is 0 Å². The van der Waals surface area contributed by atoms with E-state index in [0.717, 1.165) is 25.6 Å². The Morgan fingerprint density at radius 3 is 2.91 bits per heavy atom. The average Bonchev–Trinajstić information content (AvgIpc) is 2.37. The van der Waals surface area contributed by atoms with E-state index >= 15 is 0 Å². The zero-order valence-corrected chi connectivity index (χ0v) is 7.16. The van der Waals surface area contributed by atoms with E-state index in [2.05, 4.69) is 11.8 Å². The van der Waals surface area contributed by atoms with Gasteiger partial charge in [0, 0.05) is 12.6 Å². The number of hydrogen-bond acceptors (Lipinski definition) is 2. The Labute approximate surface area is 68.2 Å². The molecule has 0 spiro atoms. The topological polar surface area (TPSA) is 23.5 Å². The molecule has 0 amide bonds. The van der Waals surface area contributed by atoms with Gasteiger partial charge in [-0.15, -0.1) is 0 Å². The molecule has 1 saturated carbocycles. The SMILES string of the molecule is CCN1CC2CC1CCC2O. The van der Waals surface area contributed by atoms with Gasteiger partial charge in [-0.3, -0.25) is 0 Å². The summed E-state index contributed by atoms with van der Waals surface area (Å²) in [6, 6.07) is 0.799. The lowest BCUT2D eigenvalue weighted by atomic mass is 9.88. The van der Waals surface area contributed by atoms with E-state index in [9.17, 15) is 5.11 Å². The summed E-state index contributed by atoms with van der Waals surface area (Å²) in [7, 11) is 0. The van der Waals surface area contributed by atoms with E-state index in [0.29, 0.717) is 5.92 Å². The summed E-state index contributed by atoms with van der Waals surface area (Å²) in [5.74, 6) is 0.591. The Kier molecular flexibility index (Phi) is 1.90. The number of likely N-dealkylation sites (tertiary alicyclic amines) is 1. The number of nitrogens with zero attached hydrogens (tertiary/aromatic N) is 1. The summed E-state index contributed by atoms with van der Waals surface area (Å²) in [5, 5.41) is 9.58. The third-order valence-corrected chi connectivity index (χ3v) is 3.31. The van der Waals surface area contributed by atoms with Crippen LogP contribution >= 0.6 is 0 Å². The van der Waals surface area contributed by atoms with Gasteiger partial charge in [0.2, 0.25) is 0 Å². The average molecular weight is 155 g/mol. The molecule has 3 unspecified atom stereocenters. The highest BCUT2D eigenvalue weighted by Gasteiger charge is 2.38. The minimum atomic E-state index is 0.00259. The first-order valence-electron chi connectivity index (χ1n) is 4.73. The van der Waals surface area contributed by atoms with Gasteiger partial charge in [-0.25, -0.2) is 0 Å². The highest BCUT2D eigenvalue weighted by atomic mass is 16.3. The minimum absolute atomic E-state index is 0.00259. The molecule has 1 N–H and O–H groups in total. The third kappa shape index (κ3) is 1.18. The maximum Gasteiger partial charge on any atom is 0.0581 e. The predicted octanol–water partition coefficient (Wildman–Crippen LogP) is 0.851. The summed E-state index contributed by atoms with van der Waals surface area (Å²) in [6.07, 6.45) is 3.50. The molecule has 1 heterocycles. The monoisotopic (exact) mass is 155 g/mol. The molecule has 3 atom stereocenters. The van der Waals surface area contributed by atoms with Gasteiger partial charge in [-0.1, -0.05) is 6.92 Å². The Morgan fingerprint density at radius 2 is 2.27 bits per heavy atom. The fraction of sp³-hybridized carbons (Fsp3) is 1.00. The zero-order chi connectivity index (χ0) is 7.84. The molecule has 1 aliphatic heterocycles. The van der Waals surface area contributed by atoms with Gasteiger partial charge in [0.25, 0.3) is 0 Å². The van der Waals surface area contributed by atoms with Gasteiger partial charge in [-0.05, 0) is 31.7 Å². The van der Waals surface area contributed by atoms with E-state index in [-0.39, 0.29) is 6.10 Å². The second-order valence-electron chi connectivity index (χ2n) is 3.88. The molecule has 2 heteroatoms. The number of hydrogen-bond donors (Lipinski definition) is 1. The second-order valence-corrected chi connectivity index (χ2v) is 3.88. The van der Waals surface area contributed by atoms with Gasteiger partial charge in [0.15, 0.2) is 0 Å². The van der Waals surface area contributed by atoms with Crippen LogP contribution in [0.25, 0.3) is 0 Å². The maximum absolute atomic E-state index is 9.58. The van der Waals surface area contributed by atoms with Crippen molar-refractivity contribution in [1.82, 2.24) is 4.90 Å². The van der Waals surface area contributed by atoms with Crippen LogP contribution in [0.5, 0.6) is 0 Å². The van der Waals surface area contributed by atoms with Gasteiger partial charge in [0.05, 0.1) is 6.10 Å². The number of aliphatic hydroxyl groups excluding tert-OH is 1. The molecule has 2 rings (SSSR count). The lowest BCUT2D eigenvalue weighted by molar-refractivity contribution is 0.0893. The standard InChI is InChI=1S/C9H17NO/c1-2-10-6-7-5-8(10)3-4-9(7)11/h7-9,11H,2-6H2,1H3. The molecule has 11 heavy (non-hydrogen) atoms. The first-order valence-corrected chi connectivity index (χ1v) is 4.73. The van der Waals surface area contributed by atoms with E-state index in [1.807, 2.05) is 0 Å². The van der Waals surface area contributed by atoms with Crippen LogP contribution in [0, 0.1) is 5.92 Å². The summed E-state index contributed by atoms with van der Waals surface area (Å²) >= 11 is 0. The fourth-order valence-electron chi connectivity index (χ4n) is 2.59. The Hall–Kier alpha value is -0.0800. The third-order valence-electron chi connectivity index (χ3n) is 3.31. The first kappa shape index (κ1) is 7.56. The van der Waals surface area contributed by atoms with E-state index < -0.39 is 0 Å². The molecule has 1 saturated heterocycles. The number of rotatable bonds is 1. The van der Waals surface area contributed by atoms with Crippen LogP contribution in [0.4, 0.5) is 0 Å². The largest absolute Gasteiger partial charge is 0.393 e. The van der Waals surface area contributed by atoms with Crippen molar-refractivity contribution in [3.05, 3.63) is 0 Å². The quantitative estimate of drug-likeness (QED) is 0.607. The van der Waals surface area contributed by atoms with Crippen LogP contribution in [0.3, 0.4) is 0 Å². The van der Waals surface area contributed by atoms with Crippen LogP contribution in [0.1, 0.15) is 26.2 Å². The van der Waals surface area contributed by atoms with E-state index in [1.165, 1.54) is 12.8 Å². The Balaban J connectivity index is 2.03. The van der Waals surface area contributed by atoms with Crippen LogP contribution < -0.4 is 0 Å². The highest BCUT2D eigenvalue weighted by Crippen LogP contribution is 2.35. The van der Waals surface area contributed by atoms with Crippen molar-refractivity contribution >= 4 is 0 Å². The Morgan fingerprint density at radius 1 is 1.45 bits per heavy atom. The molecule has 2 bridgehead atoms. The van der Waals surface area contributed by atoms with Crippen molar-refractivity contribution in [3.63, 3.8) is 0 Å². The molecule has 2 aliphatic rings. The van der Waals surface area contributed by atoms with Gasteiger partial charge in [0.1, 0.15) is 0 Å². The molecular formula is C9H17NO. The molecule has 2 fully saturated rings. The normalized spacial score (nSPS) is 44.7. The molecule has 1 aliphatic carbocycles. The molecule has 0 aromatic heterocycles. The van der Waals surface area contributed by atoms with Gasteiger partial charge >= 0.3 is 0 Å². The Bertz CT molecular complexity index is 148. The van der Waals surface area contributed by atoms with Crippen molar-refractivity contribution in [3.8, 4) is 0 Å². The van der Waals surface area contributed by atoms with Crippen molar-refractivity contribution < 1.29 is 5.11 Å². The van der Waals surface area contributed by atoms with E-state index in [1.54, 1.807) is 0 Å². The second kappa shape index (κ2) is 2.76. The highest BCUT2D eigenvalue weighted by molar-refractivity contribution is 4.92. The lowest BCUT2D eigenvalue weighted by Crippen LogP contribution is -2.29.